The summed E-state index contributed by atoms with van der Waals surface area (Å²) in [5.74, 6) is -0.572. The van der Waals surface area contributed by atoms with Crippen molar-refractivity contribution in [1.82, 2.24) is 9.13 Å². The normalized spacial score (nSPS) is 10.6. The van der Waals surface area contributed by atoms with Crippen molar-refractivity contribution in [3.8, 4) is 17.2 Å². The first kappa shape index (κ1) is 19.5. The number of aromatic hydroxyl groups is 1. The van der Waals surface area contributed by atoms with E-state index in [-0.39, 0.29) is 11.4 Å². The third-order valence-corrected chi connectivity index (χ3v) is 4.32. The molecule has 29 heavy (non-hydrogen) atoms. The number of hydrogen-bond acceptors (Lipinski definition) is 6. The fourth-order valence-corrected chi connectivity index (χ4v) is 2.88. The van der Waals surface area contributed by atoms with Gasteiger partial charge in [0.1, 0.15) is 17.3 Å². The van der Waals surface area contributed by atoms with Crippen molar-refractivity contribution in [2.24, 2.45) is 7.05 Å². The Kier molecular flexibility index (Phi) is 5.01. The summed E-state index contributed by atoms with van der Waals surface area (Å²) in [4.78, 5) is 38.1. The number of benzene rings is 2. The second kappa shape index (κ2) is 7.43. The van der Waals surface area contributed by atoms with E-state index in [9.17, 15) is 24.6 Å². The second-order valence-corrected chi connectivity index (χ2v) is 6.02. The van der Waals surface area contributed by atoms with E-state index in [1.165, 1.54) is 32.4 Å². The average molecular weight is 398 g/mol. The molecule has 0 aliphatic carbocycles. The Morgan fingerprint density at radius 1 is 1.14 bits per heavy atom. The van der Waals surface area contributed by atoms with Crippen molar-refractivity contribution < 1.29 is 19.7 Å². The van der Waals surface area contributed by atoms with Gasteiger partial charge >= 0.3 is 11.8 Å². The fourth-order valence-electron chi connectivity index (χ4n) is 2.88. The largest absolute Gasteiger partial charge is 0.506 e. The number of phenolic OH excluding ortho intramolecular Hbond substituents is 1. The van der Waals surface area contributed by atoms with E-state index in [4.69, 9.17) is 10.5 Å². The first-order chi connectivity index (χ1) is 13.8. The molecule has 0 radical (unpaired) electrons. The number of hydrogen-bond donors (Lipinski definition) is 3. The van der Waals surface area contributed by atoms with Crippen molar-refractivity contribution >= 4 is 23.3 Å². The van der Waals surface area contributed by atoms with Crippen LogP contribution in [0.15, 0.2) is 58.1 Å². The van der Waals surface area contributed by atoms with Gasteiger partial charge in [-0.25, -0.2) is 19.1 Å². The molecule has 0 bridgehead atoms. The maximum absolute atomic E-state index is 12.8. The molecule has 3 aromatic rings. The average Bonchev–Trinajstić information content (AvgIpc) is 2.71. The number of carboxylic acid groups (broad SMARTS) is 1. The maximum Gasteiger partial charge on any atom is 0.416 e. The lowest BCUT2D eigenvalue weighted by molar-refractivity contribution is 0.204. The van der Waals surface area contributed by atoms with Gasteiger partial charge in [0, 0.05) is 13.1 Å². The van der Waals surface area contributed by atoms with Gasteiger partial charge in [-0.3, -0.25) is 9.36 Å². The van der Waals surface area contributed by atoms with Gasteiger partial charge in [0.25, 0.3) is 5.56 Å². The smallest absolute Gasteiger partial charge is 0.416 e. The van der Waals surface area contributed by atoms with Gasteiger partial charge in [-0.15, -0.1) is 0 Å². The summed E-state index contributed by atoms with van der Waals surface area (Å²) in [5, 5.41) is 20.0. The highest BCUT2D eigenvalue weighted by Crippen LogP contribution is 2.37. The van der Waals surface area contributed by atoms with E-state index in [2.05, 4.69) is 0 Å². The van der Waals surface area contributed by atoms with Crippen LogP contribution >= 0.6 is 0 Å². The standard InChI is InChI=1S/C19H18N4O6/c1-21-17(25)15(16(20)22(18(21)26)11-6-4-3-5-7-11)23(19(27)28)13-10-12(29-2)8-9-14(13)24/h3-10,24H,20H2,1-2H3,(H,27,28). The highest BCUT2D eigenvalue weighted by atomic mass is 16.5. The Hall–Kier alpha value is -4.21. The van der Waals surface area contributed by atoms with Gasteiger partial charge < -0.3 is 20.7 Å². The number of anilines is 3. The van der Waals surface area contributed by atoms with Crippen LogP contribution in [-0.4, -0.2) is 32.6 Å². The number of amides is 1. The summed E-state index contributed by atoms with van der Waals surface area (Å²) in [6.07, 6.45) is -1.59. The van der Waals surface area contributed by atoms with Gasteiger partial charge in [-0.1, -0.05) is 18.2 Å². The van der Waals surface area contributed by atoms with E-state index < -0.39 is 34.6 Å². The van der Waals surface area contributed by atoms with Crippen molar-refractivity contribution in [2.45, 2.75) is 0 Å². The molecule has 0 aliphatic rings. The van der Waals surface area contributed by atoms with E-state index in [1.807, 2.05) is 0 Å². The molecule has 0 saturated carbocycles. The molecule has 150 valence electrons. The number of rotatable bonds is 4. The Balaban J connectivity index is 2.40. The first-order valence-corrected chi connectivity index (χ1v) is 8.35. The van der Waals surface area contributed by atoms with Crippen molar-refractivity contribution in [3.63, 3.8) is 0 Å². The quantitative estimate of drug-likeness (QED) is 0.607. The number of para-hydroxylation sites is 1. The lowest BCUT2D eigenvalue weighted by Crippen LogP contribution is -2.43. The zero-order valence-corrected chi connectivity index (χ0v) is 15.6. The van der Waals surface area contributed by atoms with Crippen LogP contribution in [0.25, 0.3) is 5.69 Å². The molecule has 0 spiro atoms. The number of carbonyl (C=O) groups is 1. The molecule has 1 amide bonds. The Bertz CT molecular complexity index is 1200. The fraction of sp³-hybridized carbons (Fsp3) is 0.105. The van der Waals surface area contributed by atoms with Crippen molar-refractivity contribution in [1.29, 1.82) is 0 Å². The first-order valence-electron chi connectivity index (χ1n) is 8.35. The molecule has 2 aromatic carbocycles. The number of nitrogens with zero attached hydrogens (tertiary/aromatic N) is 3. The van der Waals surface area contributed by atoms with Crippen molar-refractivity contribution in [2.75, 3.05) is 17.7 Å². The van der Waals surface area contributed by atoms with Crippen LogP contribution < -0.4 is 26.6 Å². The predicted octanol–water partition coefficient (Wildman–Crippen LogP) is 1.65. The summed E-state index contributed by atoms with van der Waals surface area (Å²) < 4.78 is 6.83. The van der Waals surface area contributed by atoms with Crippen LogP contribution in [0, 0.1) is 0 Å². The number of nitrogen functional groups attached to an aromatic ring is 1. The third kappa shape index (κ3) is 3.27. The molecule has 1 heterocycles. The molecular formula is C19H18N4O6. The molecule has 0 saturated heterocycles. The molecule has 4 N–H and O–H groups in total. The summed E-state index contributed by atoms with van der Waals surface area (Å²) in [7, 11) is 2.57. The van der Waals surface area contributed by atoms with Gasteiger partial charge in [-0.2, -0.15) is 0 Å². The summed E-state index contributed by atoms with van der Waals surface area (Å²) in [5.41, 5.74) is 4.01. The zero-order chi connectivity index (χ0) is 21.3. The second-order valence-electron chi connectivity index (χ2n) is 6.02. The van der Waals surface area contributed by atoms with Gasteiger partial charge in [0.15, 0.2) is 5.69 Å². The number of ether oxygens (including phenoxy) is 1. The zero-order valence-electron chi connectivity index (χ0n) is 15.6. The lowest BCUT2D eigenvalue weighted by Gasteiger charge is -2.24. The molecule has 10 nitrogen and oxygen atoms in total. The van der Waals surface area contributed by atoms with Crippen molar-refractivity contribution in [3.05, 3.63) is 69.4 Å². The third-order valence-electron chi connectivity index (χ3n) is 4.32. The van der Waals surface area contributed by atoms with Gasteiger partial charge in [0.05, 0.1) is 18.5 Å². The SMILES string of the molecule is COc1ccc(O)c(N(C(=O)O)c2c(N)n(-c3ccccc3)c(=O)n(C)c2=O)c1. The topological polar surface area (TPSA) is 140 Å². The number of methoxy groups -OCH3 is 1. The molecule has 10 heteroatoms. The lowest BCUT2D eigenvalue weighted by atomic mass is 10.2. The molecule has 0 unspecified atom stereocenters. The molecule has 3 rings (SSSR count). The van der Waals surface area contributed by atoms with Gasteiger partial charge in [0.2, 0.25) is 0 Å². The van der Waals surface area contributed by atoms with Crippen LogP contribution in [0.5, 0.6) is 11.5 Å². The van der Waals surface area contributed by atoms with E-state index in [0.29, 0.717) is 10.6 Å². The maximum atomic E-state index is 12.8. The Labute approximate surface area is 164 Å². The molecule has 1 aromatic heterocycles. The van der Waals surface area contributed by atoms with E-state index in [0.717, 1.165) is 9.13 Å². The molecule has 0 aliphatic heterocycles. The molecule has 0 atom stereocenters. The predicted molar refractivity (Wildman–Crippen MR) is 107 cm³/mol. The minimum Gasteiger partial charge on any atom is -0.506 e. The number of phenols is 1. The number of aromatic nitrogens is 2. The Morgan fingerprint density at radius 2 is 1.79 bits per heavy atom. The number of nitrogens with two attached hydrogens (primary N) is 1. The molecular weight excluding hydrogens is 380 g/mol. The van der Waals surface area contributed by atoms with Crippen LogP contribution in [0.1, 0.15) is 0 Å². The van der Waals surface area contributed by atoms with Crippen LogP contribution in [-0.2, 0) is 7.05 Å². The highest BCUT2D eigenvalue weighted by Gasteiger charge is 2.29. The van der Waals surface area contributed by atoms with Gasteiger partial charge in [-0.05, 0) is 24.3 Å². The summed E-state index contributed by atoms with van der Waals surface area (Å²) in [6, 6.07) is 12.1. The highest BCUT2D eigenvalue weighted by molar-refractivity contribution is 5.99. The molecule has 0 fully saturated rings. The van der Waals surface area contributed by atoms with E-state index >= 15 is 0 Å². The summed E-state index contributed by atoms with van der Waals surface area (Å²) >= 11 is 0. The minimum atomic E-state index is -1.59. The minimum absolute atomic E-state index is 0.246. The summed E-state index contributed by atoms with van der Waals surface area (Å²) in [6.45, 7) is 0. The van der Waals surface area contributed by atoms with Crippen LogP contribution in [0.3, 0.4) is 0 Å². The monoisotopic (exact) mass is 398 g/mol. The van der Waals surface area contributed by atoms with Crippen LogP contribution in [0.2, 0.25) is 0 Å². The van der Waals surface area contributed by atoms with E-state index in [1.54, 1.807) is 30.3 Å². The Morgan fingerprint density at radius 3 is 2.38 bits per heavy atom. The van der Waals surface area contributed by atoms with Crippen LogP contribution in [0.4, 0.5) is 22.0 Å².